The zero-order valence-electron chi connectivity index (χ0n) is 19.2. The molecule has 0 aliphatic rings. The van der Waals surface area contributed by atoms with E-state index >= 15 is 0 Å². The van der Waals surface area contributed by atoms with Crippen LogP contribution < -0.4 is 20.2 Å². The van der Waals surface area contributed by atoms with Gasteiger partial charge in [-0.1, -0.05) is 23.7 Å². The second kappa shape index (κ2) is 11.9. The average molecular weight is 480 g/mol. The predicted octanol–water partition coefficient (Wildman–Crippen LogP) is 5.14. The van der Waals surface area contributed by atoms with E-state index in [1.807, 2.05) is 39.0 Å². The number of hydrogen-bond donors (Lipinski definition) is 2. The van der Waals surface area contributed by atoms with Crippen molar-refractivity contribution in [1.82, 2.24) is 5.43 Å². The van der Waals surface area contributed by atoms with Crippen molar-refractivity contribution < 1.29 is 19.1 Å². The number of aryl methyl sites for hydroxylation is 2. The van der Waals surface area contributed by atoms with Crippen molar-refractivity contribution in [3.8, 4) is 11.5 Å². The second-order valence-corrected chi connectivity index (χ2v) is 7.92. The van der Waals surface area contributed by atoms with Crippen molar-refractivity contribution in [2.75, 3.05) is 18.5 Å². The van der Waals surface area contributed by atoms with Gasteiger partial charge < -0.3 is 14.8 Å². The van der Waals surface area contributed by atoms with Gasteiger partial charge in [-0.05, 0) is 86.0 Å². The lowest BCUT2D eigenvalue weighted by Crippen LogP contribution is -2.20. The first-order chi connectivity index (χ1) is 16.4. The van der Waals surface area contributed by atoms with E-state index in [1.54, 1.807) is 42.5 Å². The summed E-state index contributed by atoms with van der Waals surface area (Å²) >= 11 is 5.91. The Bertz CT molecular complexity index is 1210. The molecule has 3 rings (SSSR count). The third kappa shape index (κ3) is 7.08. The molecule has 0 aliphatic heterocycles. The van der Waals surface area contributed by atoms with Crippen LogP contribution in [0.25, 0.3) is 0 Å². The SMILES string of the molecule is CCOc1cc(C=NNC(=O)c2cccc(Cl)c2)ccc1OCC(=O)Nc1ccc(C)c(C)c1. The number of nitrogens with zero attached hydrogens (tertiary/aromatic N) is 1. The lowest BCUT2D eigenvalue weighted by molar-refractivity contribution is -0.118. The van der Waals surface area contributed by atoms with Crippen molar-refractivity contribution in [2.45, 2.75) is 20.8 Å². The highest BCUT2D eigenvalue weighted by molar-refractivity contribution is 6.30. The summed E-state index contributed by atoms with van der Waals surface area (Å²) in [6.45, 7) is 6.10. The highest BCUT2D eigenvalue weighted by Gasteiger charge is 2.10. The van der Waals surface area contributed by atoms with Gasteiger partial charge in [0.25, 0.3) is 11.8 Å². The Hall–Kier alpha value is -3.84. The molecule has 0 saturated carbocycles. The summed E-state index contributed by atoms with van der Waals surface area (Å²) in [5, 5.41) is 7.28. The van der Waals surface area contributed by atoms with Gasteiger partial charge in [0.1, 0.15) is 0 Å². The van der Waals surface area contributed by atoms with E-state index in [0.29, 0.717) is 39.9 Å². The monoisotopic (exact) mass is 479 g/mol. The molecule has 0 heterocycles. The van der Waals surface area contributed by atoms with Crippen molar-refractivity contribution in [2.24, 2.45) is 5.10 Å². The molecule has 0 aromatic heterocycles. The first kappa shape index (κ1) is 24.8. The third-order valence-electron chi connectivity index (χ3n) is 4.88. The molecular formula is C26H26ClN3O4. The molecule has 3 aromatic rings. The van der Waals surface area contributed by atoms with E-state index in [4.69, 9.17) is 21.1 Å². The fraction of sp³-hybridized carbons (Fsp3) is 0.192. The molecule has 2 amide bonds. The largest absolute Gasteiger partial charge is 0.490 e. The molecular weight excluding hydrogens is 454 g/mol. The normalized spacial score (nSPS) is 10.7. The molecule has 2 N–H and O–H groups in total. The lowest BCUT2D eigenvalue weighted by Gasteiger charge is -2.13. The van der Waals surface area contributed by atoms with Crippen molar-refractivity contribution in [3.63, 3.8) is 0 Å². The van der Waals surface area contributed by atoms with Gasteiger partial charge in [0, 0.05) is 16.3 Å². The zero-order valence-corrected chi connectivity index (χ0v) is 20.0. The fourth-order valence-electron chi connectivity index (χ4n) is 3.01. The number of hydrogen-bond acceptors (Lipinski definition) is 5. The number of ether oxygens (including phenoxy) is 2. The summed E-state index contributed by atoms with van der Waals surface area (Å²) in [5.41, 5.74) is 6.51. The molecule has 176 valence electrons. The zero-order chi connectivity index (χ0) is 24.5. The quantitative estimate of drug-likeness (QED) is 0.328. The van der Waals surface area contributed by atoms with Gasteiger partial charge in [0.15, 0.2) is 18.1 Å². The predicted molar refractivity (Wildman–Crippen MR) is 134 cm³/mol. The smallest absolute Gasteiger partial charge is 0.271 e. The van der Waals surface area contributed by atoms with Crippen LogP contribution in [0.3, 0.4) is 0 Å². The lowest BCUT2D eigenvalue weighted by atomic mass is 10.1. The number of benzene rings is 3. The molecule has 34 heavy (non-hydrogen) atoms. The second-order valence-electron chi connectivity index (χ2n) is 7.48. The van der Waals surface area contributed by atoms with Crippen LogP contribution in [0.2, 0.25) is 5.02 Å². The summed E-state index contributed by atoms with van der Waals surface area (Å²) in [5.74, 6) is 0.238. The summed E-state index contributed by atoms with van der Waals surface area (Å²) < 4.78 is 11.3. The molecule has 0 spiro atoms. The highest BCUT2D eigenvalue weighted by atomic mass is 35.5. The van der Waals surface area contributed by atoms with E-state index in [-0.39, 0.29) is 18.4 Å². The minimum Gasteiger partial charge on any atom is -0.490 e. The maximum absolute atomic E-state index is 12.3. The van der Waals surface area contributed by atoms with Crippen molar-refractivity contribution in [3.05, 3.63) is 87.9 Å². The first-order valence-corrected chi connectivity index (χ1v) is 11.1. The van der Waals surface area contributed by atoms with Gasteiger partial charge >= 0.3 is 0 Å². The minimum absolute atomic E-state index is 0.171. The van der Waals surface area contributed by atoms with Crippen molar-refractivity contribution >= 4 is 35.3 Å². The number of carbonyl (C=O) groups excluding carboxylic acids is 2. The van der Waals surface area contributed by atoms with E-state index in [2.05, 4.69) is 15.8 Å². The summed E-state index contributed by atoms with van der Waals surface area (Å²) in [7, 11) is 0. The van der Waals surface area contributed by atoms with Crippen LogP contribution in [0.1, 0.15) is 34.0 Å². The molecule has 0 fully saturated rings. The molecule has 0 saturated heterocycles. The van der Waals surface area contributed by atoms with Crippen LogP contribution in [0.4, 0.5) is 5.69 Å². The Kier molecular flexibility index (Phi) is 8.65. The number of amides is 2. The van der Waals surface area contributed by atoms with E-state index < -0.39 is 0 Å². The molecule has 0 atom stereocenters. The topological polar surface area (TPSA) is 89.0 Å². The van der Waals surface area contributed by atoms with Crippen LogP contribution in [0.15, 0.2) is 65.8 Å². The molecule has 0 aliphatic carbocycles. The van der Waals surface area contributed by atoms with Crippen LogP contribution >= 0.6 is 11.6 Å². The maximum Gasteiger partial charge on any atom is 0.271 e. The van der Waals surface area contributed by atoms with E-state index in [0.717, 1.165) is 11.1 Å². The van der Waals surface area contributed by atoms with Crippen LogP contribution in [-0.4, -0.2) is 31.2 Å². The number of rotatable bonds is 9. The molecule has 0 unspecified atom stereocenters. The number of carbonyl (C=O) groups is 2. The Morgan fingerprint density at radius 2 is 1.79 bits per heavy atom. The standard InChI is InChI=1S/C26H26ClN3O4/c1-4-33-24-13-19(15-28-30-26(32)20-6-5-7-21(27)14-20)9-11-23(24)34-16-25(31)29-22-10-8-17(2)18(3)12-22/h5-15H,4,16H2,1-3H3,(H,29,31)(H,30,32). The van der Waals surface area contributed by atoms with Crippen molar-refractivity contribution in [1.29, 1.82) is 0 Å². The Balaban J connectivity index is 1.60. The Labute approximate surface area is 203 Å². The molecule has 0 bridgehead atoms. The third-order valence-corrected chi connectivity index (χ3v) is 5.12. The molecule has 0 radical (unpaired) electrons. The minimum atomic E-state index is -0.376. The highest BCUT2D eigenvalue weighted by Crippen LogP contribution is 2.28. The fourth-order valence-corrected chi connectivity index (χ4v) is 3.20. The van der Waals surface area contributed by atoms with Gasteiger partial charge in [-0.25, -0.2) is 5.43 Å². The van der Waals surface area contributed by atoms with E-state index in [1.165, 1.54) is 6.21 Å². The van der Waals surface area contributed by atoms with Gasteiger partial charge in [0.2, 0.25) is 0 Å². The van der Waals surface area contributed by atoms with Gasteiger partial charge in [-0.2, -0.15) is 5.10 Å². The number of nitrogens with one attached hydrogen (secondary N) is 2. The van der Waals surface area contributed by atoms with Gasteiger partial charge in [-0.3, -0.25) is 9.59 Å². The van der Waals surface area contributed by atoms with E-state index in [9.17, 15) is 9.59 Å². The van der Waals surface area contributed by atoms with Crippen LogP contribution in [0, 0.1) is 13.8 Å². The number of halogens is 1. The molecule has 8 heteroatoms. The summed E-state index contributed by atoms with van der Waals surface area (Å²) in [4.78, 5) is 24.5. The Morgan fingerprint density at radius 3 is 2.53 bits per heavy atom. The molecule has 7 nitrogen and oxygen atoms in total. The maximum atomic E-state index is 12.3. The first-order valence-electron chi connectivity index (χ1n) is 10.7. The van der Waals surface area contributed by atoms with Gasteiger partial charge in [-0.15, -0.1) is 0 Å². The molecule has 3 aromatic carbocycles. The van der Waals surface area contributed by atoms with Crippen LogP contribution in [-0.2, 0) is 4.79 Å². The van der Waals surface area contributed by atoms with Gasteiger partial charge in [0.05, 0.1) is 12.8 Å². The Morgan fingerprint density at radius 1 is 0.971 bits per heavy atom. The summed E-state index contributed by atoms with van der Waals surface area (Å²) in [6.07, 6.45) is 1.49. The van der Waals surface area contributed by atoms with Crippen LogP contribution in [0.5, 0.6) is 11.5 Å². The average Bonchev–Trinajstić information content (AvgIpc) is 2.81. The number of anilines is 1. The summed E-state index contributed by atoms with van der Waals surface area (Å²) in [6, 6.07) is 17.5. The number of hydrazone groups is 1.